The van der Waals surface area contributed by atoms with Crippen molar-refractivity contribution in [2.75, 3.05) is 25.5 Å². The van der Waals surface area contributed by atoms with Gasteiger partial charge in [-0.1, -0.05) is 23.8 Å². The fourth-order valence-corrected chi connectivity index (χ4v) is 2.36. The molecule has 1 amide bonds. The number of hydrogen-bond acceptors (Lipinski definition) is 3. The van der Waals surface area contributed by atoms with Gasteiger partial charge in [0, 0.05) is 0 Å². The lowest BCUT2D eigenvalue weighted by Crippen LogP contribution is -2.29. The fourth-order valence-electron chi connectivity index (χ4n) is 2.36. The summed E-state index contributed by atoms with van der Waals surface area (Å²) in [5.41, 5.74) is 2.22. The highest BCUT2D eigenvalue weighted by Crippen LogP contribution is 2.22. The summed E-state index contributed by atoms with van der Waals surface area (Å²) in [5, 5.41) is 6.02. The van der Waals surface area contributed by atoms with E-state index >= 15 is 0 Å². The van der Waals surface area contributed by atoms with Gasteiger partial charge in [0.25, 0.3) is 0 Å². The Morgan fingerprint density at radius 1 is 1.35 bits per heavy atom. The maximum Gasteiger partial charge on any atom is 0.238 e. The third kappa shape index (κ3) is 4.38. The molecule has 2 rings (SSSR count). The molecule has 4 heteroatoms. The zero-order valence-corrected chi connectivity index (χ0v) is 11.9. The zero-order valence-electron chi connectivity index (χ0n) is 11.9. The Morgan fingerprint density at radius 3 is 2.95 bits per heavy atom. The van der Waals surface area contributed by atoms with Crippen LogP contribution in [0.5, 0.6) is 5.75 Å². The first-order valence-corrected chi connectivity index (χ1v) is 7.11. The van der Waals surface area contributed by atoms with Crippen LogP contribution in [0, 0.1) is 0 Å². The van der Waals surface area contributed by atoms with Gasteiger partial charge < -0.3 is 15.4 Å². The number of amides is 1. The Kier molecular flexibility index (Phi) is 5.62. The average molecular weight is 274 g/mol. The number of methoxy groups -OCH3 is 1. The van der Waals surface area contributed by atoms with Crippen molar-refractivity contribution in [2.45, 2.75) is 25.7 Å². The molecule has 1 aliphatic carbocycles. The van der Waals surface area contributed by atoms with Gasteiger partial charge in [-0.3, -0.25) is 4.79 Å². The number of nitrogens with one attached hydrogen (secondary N) is 2. The van der Waals surface area contributed by atoms with Crippen molar-refractivity contribution in [3.8, 4) is 5.75 Å². The van der Waals surface area contributed by atoms with Crippen molar-refractivity contribution in [1.29, 1.82) is 0 Å². The summed E-state index contributed by atoms with van der Waals surface area (Å²) in [7, 11) is 1.60. The standard InChI is InChI=1S/C16H22N2O2/c1-20-15-9-5-4-8-14(15)18-16(19)12-17-11-10-13-6-2-3-7-13/h4-6,8-9,17H,2-3,7,10-12H2,1H3,(H,18,19). The molecule has 1 aromatic rings. The van der Waals surface area contributed by atoms with Gasteiger partial charge in [0.2, 0.25) is 5.91 Å². The van der Waals surface area contributed by atoms with Crippen LogP contribution in [0.15, 0.2) is 35.9 Å². The normalized spacial score (nSPS) is 13.9. The third-order valence-electron chi connectivity index (χ3n) is 3.42. The lowest BCUT2D eigenvalue weighted by atomic mass is 10.2. The van der Waals surface area contributed by atoms with Gasteiger partial charge in [-0.2, -0.15) is 0 Å². The predicted molar refractivity (Wildman–Crippen MR) is 81.0 cm³/mol. The third-order valence-corrected chi connectivity index (χ3v) is 3.42. The minimum Gasteiger partial charge on any atom is -0.495 e. The van der Waals surface area contributed by atoms with Crippen molar-refractivity contribution in [2.24, 2.45) is 0 Å². The van der Waals surface area contributed by atoms with Crippen molar-refractivity contribution >= 4 is 11.6 Å². The summed E-state index contributed by atoms with van der Waals surface area (Å²) in [6.07, 6.45) is 7.07. The fraction of sp³-hybridized carbons (Fsp3) is 0.438. The molecule has 0 saturated heterocycles. The summed E-state index contributed by atoms with van der Waals surface area (Å²) < 4.78 is 5.20. The second-order valence-electron chi connectivity index (χ2n) is 4.93. The minimum absolute atomic E-state index is 0.0464. The van der Waals surface area contributed by atoms with E-state index in [0.29, 0.717) is 18.0 Å². The SMILES string of the molecule is COc1ccccc1NC(=O)CNCCC1=CCCC1. The molecule has 0 saturated carbocycles. The molecule has 1 aromatic carbocycles. The van der Waals surface area contributed by atoms with E-state index in [1.165, 1.54) is 24.8 Å². The maximum absolute atomic E-state index is 11.8. The first-order chi connectivity index (χ1) is 9.79. The van der Waals surface area contributed by atoms with E-state index in [9.17, 15) is 4.79 Å². The van der Waals surface area contributed by atoms with Gasteiger partial charge in [0.1, 0.15) is 5.75 Å². The van der Waals surface area contributed by atoms with Crippen LogP contribution in [0.25, 0.3) is 0 Å². The van der Waals surface area contributed by atoms with Crippen LogP contribution < -0.4 is 15.4 Å². The highest BCUT2D eigenvalue weighted by Gasteiger charge is 2.07. The quantitative estimate of drug-likeness (QED) is 0.594. The van der Waals surface area contributed by atoms with E-state index in [1.807, 2.05) is 24.3 Å². The summed E-state index contributed by atoms with van der Waals surface area (Å²) >= 11 is 0. The topological polar surface area (TPSA) is 50.4 Å². The molecule has 0 aliphatic heterocycles. The molecule has 0 spiro atoms. The predicted octanol–water partition coefficient (Wildman–Crippen LogP) is 2.72. The molecule has 108 valence electrons. The molecule has 20 heavy (non-hydrogen) atoms. The number of benzene rings is 1. The first-order valence-electron chi connectivity index (χ1n) is 7.11. The number of para-hydroxylation sites is 2. The van der Waals surface area contributed by atoms with Gasteiger partial charge in [-0.25, -0.2) is 0 Å². The lowest BCUT2D eigenvalue weighted by Gasteiger charge is -2.10. The maximum atomic E-state index is 11.8. The highest BCUT2D eigenvalue weighted by atomic mass is 16.5. The highest BCUT2D eigenvalue weighted by molar-refractivity contribution is 5.93. The monoisotopic (exact) mass is 274 g/mol. The van der Waals surface area contributed by atoms with Gasteiger partial charge in [-0.15, -0.1) is 0 Å². The molecular formula is C16H22N2O2. The van der Waals surface area contributed by atoms with Crippen LogP contribution in [0.1, 0.15) is 25.7 Å². The summed E-state index contributed by atoms with van der Waals surface area (Å²) in [6, 6.07) is 7.41. The largest absolute Gasteiger partial charge is 0.495 e. The first kappa shape index (κ1) is 14.6. The second-order valence-corrected chi connectivity index (χ2v) is 4.93. The van der Waals surface area contributed by atoms with E-state index in [1.54, 1.807) is 7.11 Å². The molecule has 0 fully saturated rings. The Hall–Kier alpha value is -1.81. The van der Waals surface area contributed by atoms with Crippen molar-refractivity contribution in [3.05, 3.63) is 35.9 Å². The number of ether oxygens (including phenoxy) is 1. The Labute approximate surface area is 120 Å². The van der Waals surface area contributed by atoms with Gasteiger partial charge >= 0.3 is 0 Å². The molecule has 0 radical (unpaired) electrons. The Balaban J connectivity index is 1.69. The average Bonchev–Trinajstić information content (AvgIpc) is 2.97. The molecule has 2 N–H and O–H groups in total. The van der Waals surface area contributed by atoms with Crippen LogP contribution in [-0.2, 0) is 4.79 Å². The number of allylic oxidation sites excluding steroid dienone is 1. The smallest absolute Gasteiger partial charge is 0.238 e. The number of carbonyl (C=O) groups is 1. The van der Waals surface area contributed by atoms with Gasteiger partial charge in [0.05, 0.1) is 19.3 Å². The van der Waals surface area contributed by atoms with Crippen LogP contribution in [-0.4, -0.2) is 26.1 Å². The Morgan fingerprint density at radius 2 is 2.20 bits per heavy atom. The van der Waals surface area contributed by atoms with Crippen LogP contribution in [0.3, 0.4) is 0 Å². The summed E-state index contributed by atoms with van der Waals surface area (Å²) in [5.74, 6) is 0.631. The number of carbonyl (C=O) groups excluding carboxylic acids is 1. The van der Waals surface area contributed by atoms with Gasteiger partial charge in [-0.05, 0) is 44.4 Å². The molecule has 1 aliphatic rings. The van der Waals surface area contributed by atoms with Crippen LogP contribution in [0.4, 0.5) is 5.69 Å². The molecule has 0 unspecified atom stereocenters. The Bertz CT molecular complexity index is 483. The summed E-state index contributed by atoms with van der Waals surface area (Å²) in [6.45, 7) is 1.18. The zero-order chi connectivity index (χ0) is 14.2. The van der Waals surface area contributed by atoms with E-state index in [4.69, 9.17) is 4.74 Å². The molecular weight excluding hydrogens is 252 g/mol. The van der Waals surface area contributed by atoms with Crippen LogP contribution in [0.2, 0.25) is 0 Å². The van der Waals surface area contributed by atoms with E-state index < -0.39 is 0 Å². The molecule has 0 aromatic heterocycles. The molecule has 0 bridgehead atoms. The lowest BCUT2D eigenvalue weighted by molar-refractivity contribution is -0.115. The molecule has 0 atom stereocenters. The number of rotatable bonds is 7. The van der Waals surface area contributed by atoms with Crippen molar-refractivity contribution in [3.63, 3.8) is 0 Å². The van der Waals surface area contributed by atoms with Gasteiger partial charge in [0.15, 0.2) is 0 Å². The molecule has 0 heterocycles. The van der Waals surface area contributed by atoms with Crippen molar-refractivity contribution in [1.82, 2.24) is 5.32 Å². The van der Waals surface area contributed by atoms with E-state index in [-0.39, 0.29) is 5.91 Å². The number of anilines is 1. The molecule has 4 nitrogen and oxygen atoms in total. The van der Waals surface area contributed by atoms with Crippen LogP contribution >= 0.6 is 0 Å². The summed E-state index contributed by atoms with van der Waals surface area (Å²) in [4.78, 5) is 11.8. The number of hydrogen-bond donors (Lipinski definition) is 2. The van der Waals surface area contributed by atoms with E-state index in [2.05, 4.69) is 16.7 Å². The minimum atomic E-state index is -0.0464. The second kappa shape index (κ2) is 7.70. The van der Waals surface area contributed by atoms with E-state index in [0.717, 1.165) is 13.0 Å². The van der Waals surface area contributed by atoms with Crippen molar-refractivity contribution < 1.29 is 9.53 Å².